The minimum atomic E-state index is -4.60. The second-order valence-corrected chi connectivity index (χ2v) is 6.04. The predicted molar refractivity (Wildman–Crippen MR) is 87.4 cm³/mol. The lowest BCUT2D eigenvalue weighted by atomic mass is 9.94. The van der Waals surface area contributed by atoms with Crippen LogP contribution in [-0.4, -0.2) is 29.5 Å². The van der Waals surface area contributed by atoms with Crippen molar-refractivity contribution in [2.75, 3.05) is 13.7 Å². The van der Waals surface area contributed by atoms with Crippen LogP contribution in [0.25, 0.3) is 0 Å². The van der Waals surface area contributed by atoms with Crippen LogP contribution >= 0.6 is 0 Å². The van der Waals surface area contributed by atoms with E-state index in [1.807, 2.05) is 0 Å². The van der Waals surface area contributed by atoms with Gasteiger partial charge in [-0.05, 0) is 29.7 Å². The van der Waals surface area contributed by atoms with E-state index in [9.17, 15) is 22.8 Å². The molecule has 26 heavy (non-hydrogen) atoms. The molecule has 0 saturated carbocycles. The molecule has 0 aliphatic carbocycles. The first-order valence-electron chi connectivity index (χ1n) is 8.00. The summed E-state index contributed by atoms with van der Waals surface area (Å²) in [5.74, 6) is -0.794. The number of methoxy groups -OCH3 is 1. The smallest absolute Gasteiger partial charge is 0.416 e. The number of carbonyl (C=O) groups excluding carboxylic acids is 1. The molecule has 0 bridgehead atoms. The first-order chi connectivity index (χ1) is 12.3. The molecule has 1 aromatic heterocycles. The molecule has 0 amide bonds. The van der Waals surface area contributed by atoms with Gasteiger partial charge in [-0.1, -0.05) is 18.2 Å². The Hall–Kier alpha value is -2.61. The zero-order valence-electron chi connectivity index (χ0n) is 14.0. The molecule has 2 heterocycles. The third kappa shape index (κ3) is 3.37. The zero-order chi connectivity index (χ0) is 18.9. The number of aromatic amines is 1. The molecular formula is C18H17F3N2O3. The third-order valence-electron chi connectivity index (χ3n) is 4.54. The van der Waals surface area contributed by atoms with Gasteiger partial charge < -0.3 is 9.72 Å². The van der Waals surface area contributed by atoms with Crippen molar-refractivity contribution in [1.82, 2.24) is 9.88 Å². The van der Waals surface area contributed by atoms with Crippen LogP contribution in [0.4, 0.5) is 13.2 Å². The van der Waals surface area contributed by atoms with Gasteiger partial charge in [0.15, 0.2) is 0 Å². The van der Waals surface area contributed by atoms with Gasteiger partial charge in [0.2, 0.25) is 0 Å². The molecule has 1 unspecified atom stereocenters. The first-order valence-corrected chi connectivity index (χ1v) is 8.00. The highest BCUT2D eigenvalue weighted by Crippen LogP contribution is 2.37. The fourth-order valence-electron chi connectivity index (χ4n) is 3.30. The van der Waals surface area contributed by atoms with Crippen LogP contribution in [0.3, 0.4) is 0 Å². The fraction of sp³-hybridized carbons (Fsp3) is 0.333. The number of ether oxygens (including phenoxy) is 1. The van der Waals surface area contributed by atoms with Crippen molar-refractivity contribution in [3.05, 3.63) is 69.1 Å². The number of alkyl halides is 3. The summed E-state index contributed by atoms with van der Waals surface area (Å²) in [5, 5.41) is 0. The molecule has 0 radical (unpaired) electrons. The molecule has 0 saturated heterocycles. The van der Waals surface area contributed by atoms with E-state index in [0.717, 1.165) is 18.7 Å². The largest absolute Gasteiger partial charge is 0.468 e. The standard InChI is InChI=1S/C18H17F3N2O3/c1-26-17(25)15(12-4-2-3-5-14(12)18(19,20)21)23-9-7-11-6-8-22-16(24)13(11)10-23/h2-6,8,15H,7,9-10H2,1H3,(H,22,24). The molecule has 0 spiro atoms. The molecule has 1 aliphatic rings. The number of H-pyrrole nitrogens is 1. The maximum absolute atomic E-state index is 13.4. The number of hydrogen-bond donors (Lipinski definition) is 1. The van der Waals surface area contributed by atoms with E-state index in [0.29, 0.717) is 18.5 Å². The molecule has 138 valence electrons. The van der Waals surface area contributed by atoms with Crippen molar-refractivity contribution in [2.24, 2.45) is 0 Å². The number of nitrogens with zero attached hydrogens (tertiary/aromatic N) is 1. The summed E-state index contributed by atoms with van der Waals surface area (Å²) in [5.41, 5.74) is -0.0828. The topological polar surface area (TPSA) is 62.4 Å². The van der Waals surface area contributed by atoms with Crippen LogP contribution < -0.4 is 5.56 Å². The van der Waals surface area contributed by atoms with Crippen LogP contribution in [0, 0.1) is 0 Å². The van der Waals surface area contributed by atoms with Crippen molar-refractivity contribution in [3.8, 4) is 0 Å². The van der Waals surface area contributed by atoms with Crippen LogP contribution in [0.5, 0.6) is 0 Å². The minimum absolute atomic E-state index is 0.0669. The summed E-state index contributed by atoms with van der Waals surface area (Å²) in [6.45, 7) is 0.403. The second-order valence-electron chi connectivity index (χ2n) is 6.04. The van der Waals surface area contributed by atoms with Gasteiger partial charge in [0.25, 0.3) is 5.56 Å². The SMILES string of the molecule is COC(=O)C(c1ccccc1C(F)(F)F)N1CCc2cc[nH]c(=O)c2C1. The van der Waals surface area contributed by atoms with Gasteiger partial charge in [-0.3, -0.25) is 9.69 Å². The zero-order valence-corrected chi connectivity index (χ0v) is 14.0. The van der Waals surface area contributed by atoms with Crippen molar-refractivity contribution in [2.45, 2.75) is 25.2 Å². The molecule has 1 N–H and O–H groups in total. The lowest BCUT2D eigenvalue weighted by Gasteiger charge is -2.34. The number of benzene rings is 1. The number of fused-ring (bicyclic) bond motifs is 1. The van der Waals surface area contributed by atoms with E-state index < -0.39 is 23.8 Å². The highest BCUT2D eigenvalue weighted by Gasteiger charge is 2.40. The van der Waals surface area contributed by atoms with E-state index >= 15 is 0 Å². The second kappa shape index (κ2) is 6.95. The number of nitrogens with one attached hydrogen (secondary N) is 1. The monoisotopic (exact) mass is 366 g/mol. The van der Waals surface area contributed by atoms with E-state index in [1.165, 1.54) is 24.4 Å². The van der Waals surface area contributed by atoms with Gasteiger partial charge in [-0.2, -0.15) is 13.2 Å². The van der Waals surface area contributed by atoms with Crippen LogP contribution in [-0.2, 0) is 28.7 Å². The van der Waals surface area contributed by atoms with Gasteiger partial charge in [-0.15, -0.1) is 0 Å². The van der Waals surface area contributed by atoms with Crippen molar-refractivity contribution < 1.29 is 22.7 Å². The van der Waals surface area contributed by atoms with E-state index in [1.54, 1.807) is 11.0 Å². The molecule has 5 nitrogen and oxygen atoms in total. The highest BCUT2D eigenvalue weighted by atomic mass is 19.4. The minimum Gasteiger partial charge on any atom is -0.468 e. The normalized spacial score (nSPS) is 16.0. The lowest BCUT2D eigenvalue weighted by Crippen LogP contribution is -2.41. The number of aromatic nitrogens is 1. The summed E-state index contributed by atoms with van der Waals surface area (Å²) >= 11 is 0. The molecule has 1 atom stereocenters. The van der Waals surface area contributed by atoms with E-state index in [2.05, 4.69) is 4.98 Å². The number of esters is 1. The van der Waals surface area contributed by atoms with Crippen LogP contribution in [0.1, 0.15) is 28.3 Å². The van der Waals surface area contributed by atoms with Crippen molar-refractivity contribution in [1.29, 1.82) is 0 Å². The molecular weight excluding hydrogens is 349 g/mol. The van der Waals surface area contributed by atoms with Gasteiger partial charge >= 0.3 is 12.1 Å². The molecule has 3 rings (SSSR count). The predicted octanol–water partition coefficient (Wildman–Crippen LogP) is 2.67. The van der Waals surface area contributed by atoms with Crippen LogP contribution in [0.2, 0.25) is 0 Å². The maximum atomic E-state index is 13.4. The Morgan fingerprint density at radius 2 is 2.00 bits per heavy atom. The summed E-state index contributed by atoms with van der Waals surface area (Å²) in [7, 11) is 1.14. The number of carbonyl (C=O) groups is 1. The van der Waals surface area contributed by atoms with Gasteiger partial charge in [0, 0.05) is 24.8 Å². The average Bonchev–Trinajstić information content (AvgIpc) is 2.62. The Kier molecular flexibility index (Phi) is 4.86. The third-order valence-corrected chi connectivity index (χ3v) is 4.54. The summed E-state index contributed by atoms with van der Waals surface area (Å²) < 4.78 is 45.0. The number of rotatable bonds is 3. The molecule has 8 heteroatoms. The number of pyridine rings is 1. The van der Waals surface area contributed by atoms with Crippen molar-refractivity contribution in [3.63, 3.8) is 0 Å². The Labute approximate surface area is 147 Å². The van der Waals surface area contributed by atoms with Gasteiger partial charge in [-0.25, -0.2) is 4.79 Å². The molecule has 2 aromatic rings. The molecule has 0 fully saturated rings. The van der Waals surface area contributed by atoms with E-state index in [4.69, 9.17) is 4.74 Å². The molecule has 1 aromatic carbocycles. The first kappa shape index (κ1) is 18.2. The summed E-state index contributed by atoms with van der Waals surface area (Å²) in [6, 6.07) is 5.46. The quantitative estimate of drug-likeness (QED) is 0.849. The van der Waals surface area contributed by atoms with E-state index in [-0.39, 0.29) is 17.7 Å². The molecule has 1 aliphatic heterocycles. The Balaban J connectivity index is 2.06. The van der Waals surface area contributed by atoms with Gasteiger partial charge in [0.05, 0.1) is 12.7 Å². The number of halogens is 3. The van der Waals surface area contributed by atoms with Crippen LogP contribution in [0.15, 0.2) is 41.3 Å². The number of hydrogen-bond acceptors (Lipinski definition) is 4. The lowest BCUT2D eigenvalue weighted by molar-refractivity contribution is -0.149. The maximum Gasteiger partial charge on any atom is 0.416 e. The fourth-order valence-corrected chi connectivity index (χ4v) is 3.30. The summed E-state index contributed by atoms with van der Waals surface area (Å²) in [4.78, 5) is 28.5. The van der Waals surface area contributed by atoms with Crippen molar-refractivity contribution >= 4 is 5.97 Å². The average molecular weight is 366 g/mol. The summed E-state index contributed by atoms with van der Waals surface area (Å²) in [6.07, 6.45) is -2.61. The Bertz CT molecular complexity index is 876. The Morgan fingerprint density at radius 1 is 1.27 bits per heavy atom. The van der Waals surface area contributed by atoms with Gasteiger partial charge in [0.1, 0.15) is 6.04 Å². The highest BCUT2D eigenvalue weighted by molar-refractivity contribution is 5.78. The Morgan fingerprint density at radius 3 is 2.69 bits per heavy atom.